The molecule has 0 saturated heterocycles. The van der Waals surface area contributed by atoms with Gasteiger partial charge in [-0.05, 0) is 35.7 Å². The van der Waals surface area contributed by atoms with Gasteiger partial charge in [0.1, 0.15) is 12.0 Å². The van der Waals surface area contributed by atoms with E-state index in [1.807, 2.05) is 53.4 Å². The van der Waals surface area contributed by atoms with Gasteiger partial charge in [0.25, 0.3) is 5.69 Å². The molecule has 152 valence electrons. The minimum absolute atomic E-state index is 0.142. The van der Waals surface area contributed by atoms with E-state index < -0.39 is 4.92 Å². The lowest BCUT2D eigenvalue weighted by atomic mass is 9.97. The van der Waals surface area contributed by atoms with Crippen molar-refractivity contribution < 1.29 is 9.72 Å². The van der Waals surface area contributed by atoms with Gasteiger partial charge in [0.2, 0.25) is 0 Å². The van der Waals surface area contributed by atoms with Crippen molar-refractivity contribution in [3.05, 3.63) is 87.1 Å². The molecule has 9 heteroatoms. The molecule has 1 aliphatic heterocycles. The van der Waals surface area contributed by atoms with Crippen molar-refractivity contribution in [2.75, 3.05) is 22.1 Å². The van der Waals surface area contributed by atoms with Crippen LogP contribution in [0.4, 0.5) is 27.7 Å². The standard InChI is InChI=1S/C21H18ClN5O3/c22-18-11-16(27(29)30)12-23-20(18)26-10-9-17-14(13-26)5-4-8-19(17)25-21(28)24-15-6-2-1-3-7-15/h1-8,11-12H,9-10,13H2,(H2,24,25,28). The number of nitrogens with one attached hydrogen (secondary N) is 2. The van der Waals surface area contributed by atoms with Crippen LogP contribution in [0, 0.1) is 10.1 Å². The zero-order valence-electron chi connectivity index (χ0n) is 15.8. The van der Waals surface area contributed by atoms with E-state index in [-0.39, 0.29) is 16.7 Å². The molecule has 4 rings (SSSR count). The van der Waals surface area contributed by atoms with Crippen LogP contribution in [-0.2, 0) is 13.0 Å². The molecule has 0 saturated carbocycles. The smallest absolute Gasteiger partial charge is 0.323 e. The van der Waals surface area contributed by atoms with Gasteiger partial charge in [0, 0.05) is 30.5 Å². The van der Waals surface area contributed by atoms with Crippen LogP contribution < -0.4 is 15.5 Å². The molecule has 0 unspecified atom stereocenters. The molecule has 30 heavy (non-hydrogen) atoms. The number of halogens is 1. The fraction of sp³-hybridized carbons (Fsp3) is 0.143. The van der Waals surface area contributed by atoms with Gasteiger partial charge >= 0.3 is 6.03 Å². The van der Waals surface area contributed by atoms with Gasteiger partial charge in [-0.15, -0.1) is 0 Å². The molecule has 0 aliphatic carbocycles. The summed E-state index contributed by atoms with van der Waals surface area (Å²) < 4.78 is 0. The number of rotatable bonds is 4. The van der Waals surface area contributed by atoms with Gasteiger partial charge in [0.05, 0.1) is 9.95 Å². The fourth-order valence-electron chi connectivity index (χ4n) is 3.47. The Kier molecular flexibility index (Phi) is 5.49. The van der Waals surface area contributed by atoms with Crippen molar-refractivity contribution in [1.82, 2.24) is 4.98 Å². The highest BCUT2D eigenvalue weighted by atomic mass is 35.5. The summed E-state index contributed by atoms with van der Waals surface area (Å²) in [6.07, 6.45) is 1.88. The summed E-state index contributed by atoms with van der Waals surface area (Å²) in [5.74, 6) is 0.507. The Morgan fingerprint density at radius 3 is 2.67 bits per heavy atom. The number of urea groups is 1. The average molecular weight is 424 g/mol. The van der Waals surface area contributed by atoms with Crippen molar-refractivity contribution in [1.29, 1.82) is 0 Å². The number of nitro groups is 1. The van der Waals surface area contributed by atoms with Gasteiger partial charge < -0.3 is 15.5 Å². The Labute approximate surface area is 177 Å². The Bertz CT molecular complexity index is 1110. The molecule has 0 fully saturated rings. The van der Waals surface area contributed by atoms with Crippen LogP contribution in [0.25, 0.3) is 0 Å². The third-order valence-electron chi connectivity index (χ3n) is 4.86. The Morgan fingerprint density at radius 2 is 1.93 bits per heavy atom. The summed E-state index contributed by atoms with van der Waals surface area (Å²) in [6, 6.07) is 16.0. The number of amides is 2. The second kappa shape index (κ2) is 8.38. The minimum Gasteiger partial charge on any atom is -0.351 e. The van der Waals surface area contributed by atoms with Gasteiger partial charge in [-0.2, -0.15) is 0 Å². The first-order chi connectivity index (χ1) is 14.5. The van der Waals surface area contributed by atoms with E-state index in [0.717, 1.165) is 16.8 Å². The van der Waals surface area contributed by atoms with Crippen molar-refractivity contribution in [3.63, 3.8) is 0 Å². The molecule has 0 radical (unpaired) electrons. The van der Waals surface area contributed by atoms with E-state index in [1.165, 1.54) is 12.3 Å². The molecule has 1 aromatic heterocycles. The summed E-state index contributed by atoms with van der Waals surface area (Å²) >= 11 is 6.24. The van der Waals surface area contributed by atoms with Crippen LogP contribution in [0.2, 0.25) is 5.02 Å². The summed E-state index contributed by atoms with van der Waals surface area (Å²) in [6.45, 7) is 1.16. The van der Waals surface area contributed by atoms with Gasteiger partial charge in [-0.25, -0.2) is 9.78 Å². The van der Waals surface area contributed by atoms with Crippen LogP contribution in [-0.4, -0.2) is 22.5 Å². The normalized spacial score (nSPS) is 12.8. The van der Waals surface area contributed by atoms with Crippen LogP contribution in [0.1, 0.15) is 11.1 Å². The highest BCUT2D eigenvalue weighted by Crippen LogP contribution is 2.33. The molecule has 3 aromatic rings. The Morgan fingerprint density at radius 1 is 1.13 bits per heavy atom. The number of aromatic nitrogens is 1. The van der Waals surface area contributed by atoms with E-state index in [0.29, 0.717) is 31.0 Å². The maximum absolute atomic E-state index is 12.4. The SMILES string of the molecule is O=C(Nc1ccccc1)Nc1cccc2c1CCN(c1ncc([N+](=O)[O-])cc1Cl)C2. The van der Waals surface area contributed by atoms with Gasteiger partial charge in [0.15, 0.2) is 0 Å². The molecular formula is C21H18ClN5O3. The first-order valence-corrected chi connectivity index (χ1v) is 9.68. The fourth-order valence-corrected chi connectivity index (χ4v) is 3.75. The number of anilines is 3. The predicted molar refractivity (Wildman–Crippen MR) is 116 cm³/mol. The molecule has 0 spiro atoms. The Hall–Kier alpha value is -3.65. The predicted octanol–water partition coefficient (Wildman–Crippen LogP) is 4.85. The number of pyridine rings is 1. The first kappa shape index (κ1) is 19.7. The molecule has 2 amide bonds. The zero-order valence-corrected chi connectivity index (χ0v) is 16.6. The topological polar surface area (TPSA) is 100 Å². The van der Waals surface area contributed by atoms with Crippen LogP contribution >= 0.6 is 11.6 Å². The number of hydrogen-bond donors (Lipinski definition) is 2. The van der Waals surface area contributed by atoms with Crippen LogP contribution in [0.5, 0.6) is 0 Å². The number of fused-ring (bicyclic) bond motifs is 1. The molecule has 8 nitrogen and oxygen atoms in total. The largest absolute Gasteiger partial charge is 0.351 e. The number of carbonyl (C=O) groups excluding carboxylic acids is 1. The number of para-hydroxylation sites is 1. The third kappa shape index (κ3) is 4.18. The Balaban J connectivity index is 1.50. The molecule has 2 N–H and O–H groups in total. The first-order valence-electron chi connectivity index (χ1n) is 9.30. The molecule has 2 aromatic carbocycles. The molecular weight excluding hydrogens is 406 g/mol. The highest BCUT2D eigenvalue weighted by Gasteiger charge is 2.23. The van der Waals surface area contributed by atoms with Crippen molar-refractivity contribution in [2.24, 2.45) is 0 Å². The zero-order chi connectivity index (χ0) is 21.1. The van der Waals surface area contributed by atoms with E-state index in [2.05, 4.69) is 15.6 Å². The molecule has 2 heterocycles. The second-order valence-electron chi connectivity index (χ2n) is 6.82. The van der Waals surface area contributed by atoms with Crippen molar-refractivity contribution in [2.45, 2.75) is 13.0 Å². The quantitative estimate of drug-likeness (QED) is 0.461. The van der Waals surface area contributed by atoms with Crippen LogP contribution in [0.15, 0.2) is 60.8 Å². The number of nitrogens with zero attached hydrogens (tertiary/aromatic N) is 3. The van der Waals surface area contributed by atoms with E-state index in [4.69, 9.17) is 11.6 Å². The van der Waals surface area contributed by atoms with Crippen LogP contribution in [0.3, 0.4) is 0 Å². The monoisotopic (exact) mass is 423 g/mol. The number of hydrogen-bond acceptors (Lipinski definition) is 5. The summed E-state index contributed by atoms with van der Waals surface area (Å²) in [4.78, 5) is 28.9. The van der Waals surface area contributed by atoms with Crippen molar-refractivity contribution in [3.8, 4) is 0 Å². The van der Waals surface area contributed by atoms with Crippen molar-refractivity contribution >= 4 is 40.5 Å². The van der Waals surface area contributed by atoms with E-state index in [9.17, 15) is 14.9 Å². The lowest BCUT2D eigenvalue weighted by Gasteiger charge is -2.31. The van der Waals surface area contributed by atoms with Gasteiger partial charge in [-0.1, -0.05) is 41.9 Å². The maximum Gasteiger partial charge on any atom is 0.323 e. The van der Waals surface area contributed by atoms with Gasteiger partial charge in [-0.3, -0.25) is 10.1 Å². The lowest BCUT2D eigenvalue weighted by Crippen LogP contribution is -2.32. The second-order valence-corrected chi connectivity index (χ2v) is 7.22. The average Bonchev–Trinajstić information content (AvgIpc) is 2.74. The van der Waals surface area contributed by atoms with E-state index >= 15 is 0 Å². The summed E-state index contributed by atoms with van der Waals surface area (Å²) in [5, 5.41) is 16.9. The lowest BCUT2D eigenvalue weighted by molar-refractivity contribution is -0.385. The number of carbonyl (C=O) groups is 1. The third-order valence-corrected chi connectivity index (χ3v) is 5.14. The minimum atomic E-state index is -0.521. The summed E-state index contributed by atoms with van der Waals surface area (Å²) in [5.41, 5.74) is 3.41. The molecule has 1 aliphatic rings. The molecule has 0 bridgehead atoms. The number of benzene rings is 2. The highest BCUT2D eigenvalue weighted by molar-refractivity contribution is 6.33. The summed E-state index contributed by atoms with van der Waals surface area (Å²) in [7, 11) is 0. The van der Waals surface area contributed by atoms with E-state index in [1.54, 1.807) is 0 Å². The maximum atomic E-state index is 12.4. The molecule has 0 atom stereocenters.